The number of nitrogens with one attached hydrogen (secondary N) is 1. The number of aromatic nitrogens is 2. The fourth-order valence-electron chi connectivity index (χ4n) is 2.22. The zero-order chi connectivity index (χ0) is 14.7. The molecule has 0 amide bonds. The fraction of sp³-hybridized carbons (Fsp3) is 0.357. The summed E-state index contributed by atoms with van der Waals surface area (Å²) >= 11 is 9.68. The van der Waals surface area contributed by atoms with Crippen LogP contribution in [0.25, 0.3) is 0 Å². The highest BCUT2D eigenvalue weighted by molar-refractivity contribution is 9.10. The first kappa shape index (κ1) is 15.5. The highest BCUT2D eigenvalue weighted by atomic mass is 79.9. The van der Waals surface area contributed by atoms with Crippen LogP contribution < -0.4 is 5.32 Å². The van der Waals surface area contributed by atoms with Crippen molar-refractivity contribution in [3.63, 3.8) is 0 Å². The Balaban J connectivity index is 2.49. The minimum Gasteiger partial charge on any atom is -0.308 e. The van der Waals surface area contributed by atoms with Gasteiger partial charge in [-0.3, -0.25) is 4.68 Å². The maximum atomic E-state index is 13.2. The molecule has 108 valence electrons. The van der Waals surface area contributed by atoms with E-state index in [4.69, 9.17) is 11.6 Å². The molecule has 6 heteroatoms. The van der Waals surface area contributed by atoms with Gasteiger partial charge >= 0.3 is 0 Å². The summed E-state index contributed by atoms with van der Waals surface area (Å²) in [6, 6.07) is 4.50. The van der Waals surface area contributed by atoms with Crippen molar-refractivity contribution in [2.75, 3.05) is 7.05 Å². The molecule has 1 unspecified atom stereocenters. The molecule has 1 aromatic heterocycles. The normalized spacial score (nSPS) is 12.7. The summed E-state index contributed by atoms with van der Waals surface area (Å²) in [6.07, 6.45) is 2.61. The van der Waals surface area contributed by atoms with Gasteiger partial charge in [-0.05, 0) is 31.2 Å². The van der Waals surface area contributed by atoms with Crippen molar-refractivity contribution in [3.05, 3.63) is 51.0 Å². The third-order valence-electron chi connectivity index (χ3n) is 3.10. The molecule has 0 radical (unpaired) electrons. The molecule has 3 nitrogen and oxygen atoms in total. The van der Waals surface area contributed by atoms with E-state index >= 15 is 0 Å². The van der Waals surface area contributed by atoms with Gasteiger partial charge in [0.2, 0.25) is 0 Å². The molecule has 0 fully saturated rings. The van der Waals surface area contributed by atoms with Crippen molar-refractivity contribution in [3.8, 4) is 0 Å². The maximum absolute atomic E-state index is 13.2. The van der Waals surface area contributed by atoms with Crippen molar-refractivity contribution in [2.24, 2.45) is 0 Å². The molecular weight excluding hydrogens is 345 g/mol. The van der Waals surface area contributed by atoms with Crippen molar-refractivity contribution >= 4 is 27.5 Å². The van der Waals surface area contributed by atoms with Gasteiger partial charge < -0.3 is 5.32 Å². The van der Waals surface area contributed by atoms with E-state index in [1.807, 2.05) is 11.7 Å². The Labute approximate surface area is 131 Å². The van der Waals surface area contributed by atoms with E-state index in [1.54, 1.807) is 12.3 Å². The van der Waals surface area contributed by atoms with Gasteiger partial charge in [-0.2, -0.15) is 5.10 Å². The number of rotatable bonds is 5. The largest absolute Gasteiger partial charge is 0.308 e. The monoisotopic (exact) mass is 359 g/mol. The smallest absolute Gasteiger partial charge is 0.124 e. The second-order valence-electron chi connectivity index (χ2n) is 4.49. The molecule has 2 rings (SSSR count). The highest BCUT2D eigenvalue weighted by Crippen LogP contribution is 2.32. The second-order valence-corrected chi connectivity index (χ2v) is 5.75. The molecule has 1 aromatic carbocycles. The Morgan fingerprint density at radius 2 is 2.25 bits per heavy atom. The van der Waals surface area contributed by atoms with Crippen LogP contribution in [0.3, 0.4) is 0 Å². The van der Waals surface area contributed by atoms with Crippen LogP contribution in [-0.2, 0) is 6.54 Å². The number of nitrogens with zero attached hydrogens (tertiary/aromatic N) is 2. The van der Waals surface area contributed by atoms with E-state index in [9.17, 15) is 4.39 Å². The molecule has 0 saturated heterocycles. The van der Waals surface area contributed by atoms with Crippen LogP contribution in [0.1, 0.15) is 30.6 Å². The lowest BCUT2D eigenvalue weighted by Gasteiger charge is -2.20. The van der Waals surface area contributed by atoms with Gasteiger partial charge in [-0.25, -0.2) is 4.39 Å². The number of benzene rings is 1. The van der Waals surface area contributed by atoms with Crippen LogP contribution in [0.15, 0.2) is 28.9 Å². The van der Waals surface area contributed by atoms with Crippen molar-refractivity contribution in [2.45, 2.75) is 25.9 Å². The lowest BCUT2D eigenvalue weighted by atomic mass is 10.0. The Bertz CT molecular complexity index is 600. The van der Waals surface area contributed by atoms with Gasteiger partial charge in [-0.15, -0.1) is 0 Å². The molecule has 20 heavy (non-hydrogen) atoms. The van der Waals surface area contributed by atoms with Crippen LogP contribution in [0.2, 0.25) is 5.02 Å². The first-order valence-corrected chi connectivity index (χ1v) is 7.59. The molecule has 1 heterocycles. The molecule has 0 aliphatic heterocycles. The van der Waals surface area contributed by atoms with Crippen LogP contribution >= 0.6 is 27.5 Å². The van der Waals surface area contributed by atoms with Gasteiger partial charge in [0.25, 0.3) is 0 Å². The van der Waals surface area contributed by atoms with Crippen LogP contribution in [0.5, 0.6) is 0 Å². The summed E-state index contributed by atoms with van der Waals surface area (Å²) in [5.74, 6) is -0.274. The van der Waals surface area contributed by atoms with E-state index < -0.39 is 0 Å². The minimum absolute atomic E-state index is 0.147. The molecule has 2 aromatic rings. The minimum atomic E-state index is -0.274. The molecule has 0 spiro atoms. The maximum Gasteiger partial charge on any atom is 0.124 e. The second kappa shape index (κ2) is 6.70. The first-order valence-electron chi connectivity index (χ1n) is 6.41. The van der Waals surface area contributed by atoms with E-state index in [-0.39, 0.29) is 11.9 Å². The topological polar surface area (TPSA) is 29.9 Å². The Morgan fingerprint density at radius 1 is 1.50 bits per heavy atom. The van der Waals surface area contributed by atoms with Gasteiger partial charge in [0.05, 0.1) is 23.0 Å². The zero-order valence-electron chi connectivity index (χ0n) is 11.3. The summed E-state index contributed by atoms with van der Waals surface area (Å²) in [5, 5.41) is 8.13. The van der Waals surface area contributed by atoms with Gasteiger partial charge in [-0.1, -0.05) is 40.5 Å². The quantitative estimate of drug-likeness (QED) is 0.868. The standard InChI is InChI=1S/C14H16BrClFN3/c1-3-6-20-14(12(16)8-19-20)13(18-2)10-5-4-9(17)7-11(10)15/h4-5,7-8,13,18H,3,6H2,1-2H3. The predicted molar refractivity (Wildman–Crippen MR) is 82.5 cm³/mol. The van der Waals surface area contributed by atoms with Gasteiger partial charge in [0.1, 0.15) is 5.82 Å². The lowest BCUT2D eigenvalue weighted by molar-refractivity contribution is 0.533. The Hall–Kier alpha value is -0.910. The van der Waals surface area contributed by atoms with E-state index in [1.165, 1.54) is 12.1 Å². The van der Waals surface area contributed by atoms with E-state index in [2.05, 4.69) is 33.3 Å². The van der Waals surface area contributed by atoms with Gasteiger partial charge in [0.15, 0.2) is 0 Å². The number of hydrogen-bond acceptors (Lipinski definition) is 2. The van der Waals surface area contributed by atoms with Crippen LogP contribution in [-0.4, -0.2) is 16.8 Å². The summed E-state index contributed by atoms with van der Waals surface area (Å²) in [4.78, 5) is 0. The molecule has 0 aliphatic rings. The van der Waals surface area contributed by atoms with Crippen LogP contribution in [0, 0.1) is 5.82 Å². The Morgan fingerprint density at radius 3 is 2.85 bits per heavy atom. The number of aryl methyl sites for hydroxylation is 1. The summed E-state index contributed by atoms with van der Waals surface area (Å²) in [7, 11) is 1.85. The average Bonchev–Trinajstić information content (AvgIpc) is 2.75. The van der Waals surface area contributed by atoms with Crippen LogP contribution in [0.4, 0.5) is 4.39 Å². The van der Waals surface area contributed by atoms with Gasteiger partial charge in [0, 0.05) is 11.0 Å². The average molecular weight is 361 g/mol. The SMILES string of the molecule is CCCn1ncc(Cl)c1C(NC)c1ccc(F)cc1Br. The molecule has 1 N–H and O–H groups in total. The number of halogens is 3. The van der Waals surface area contributed by atoms with Crippen molar-refractivity contribution < 1.29 is 4.39 Å². The molecule has 1 atom stereocenters. The lowest BCUT2D eigenvalue weighted by Crippen LogP contribution is -2.22. The molecule has 0 bridgehead atoms. The third-order valence-corrected chi connectivity index (χ3v) is 4.08. The molecule has 0 saturated carbocycles. The predicted octanol–water partition coefficient (Wildman–Crippen LogP) is 4.16. The molecule has 0 aliphatic carbocycles. The van der Waals surface area contributed by atoms with Crippen molar-refractivity contribution in [1.29, 1.82) is 0 Å². The van der Waals surface area contributed by atoms with E-state index in [0.29, 0.717) is 9.50 Å². The van der Waals surface area contributed by atoms with E-state index in [0.717, 1.165) is 24.2 Å². The zero-order valence-corrected chi connectivity index (χ0v) is 13.7. The summed E-state index contributed by atoms with van der Waals surface area (Å²) < 4.78 is 15.8. The first-order chi connectivity index (χ1) is 9.58. The fourth-order valence-corrected chi connectivity index (χ4v) is 3.05. The Kier molecular flexibility index (Phi) is 5.18. The highest BCUT2D eigenvalue weighted by Gasteiger charge is 2.22. The number of hydrogen-bond donors (Lipinski definition) is 1. The summed E-state index contributed by atoms with van der Waals surface area (Å²) in [6.45, 7) is 2.88. The van der Waals surface area contributed by atoms with Crippen molar-refractivity contribution in [1.82, 2.24) is 15.1 Å². The summed E-state index contributed by atoms with van der Waals surface area (Å²) in [5.41, 5.74) is 1.82. The molecular formula is C14H16BrClFN3. The third kappa shape index (κ3) is 3.05.